The third kappa shape index (κ3) is 5.37. The number of carbonyl (C=O) groups excluding carboxylic acids is 1. The minimum absolute atomic E-state index is 0.00885. The van der Waals surface area contributed by atoms with Crippen molar-refractivity contribution in [3.63, 3.8) is 0 Å². The van der Waals surface area contributed by atoms with Gasteiger partial charge < -0.3 is 5.32 Å². The molecule has 0 aliphatic rings. The Kier molecular flexibility index (Phi) is 6.93. The summed E-state index contributed by atoms with van der Waals surface area (Å²) in [5.41, 5.74) is 3.44. The number of rotatable bonds is 8. The molecule has 6 heteroatoms. The molecule has 1 N–H and O–H groups in total. The first-order chi connectivity index (χ1) is 13.3. The van der Waals surface area contributed by atoms with E-state index in [1.54, 1.807) is 0 Å². The molecule has 1 heterocycles. The molecule has 3 aromatic rings. The summed E-state index contributed by atoms with van der Waals surface area (Å²) in [6, 6.07) is 19.8. The third-order valence-electron chi connectivity index (χ3n) is 3.95. The number of nitrogens with zero attached hydrogens (tertiary/aromatic N) is 3. The Morgan fingerprint density at radius 1 is 0.926 bits per heavy atom. The van der Waals surface area contributed by atoms with Gasteiger partial charge in [0.05, 0.1) is 5.75 Å². The first kappa shape index (κ1) is 19.0. The van der Waals surface area contributed by atoms with Crippen molar-refractivity contribution < 1.29 is 4.79 Å². The van der Waals surface area contributed by atoms with Crippen LogP contribution >= 0.6 is 11.8 Å². The average molecular weight is 379 g/mol. The van der Waals surface area contributed by atoms with Crippen molar-refractivity contribution in [1.29, 1.82) is 0 Å². The molecule has 138 valence electrons. The fraction of sp³-hybridized carbons (Fsp3) is 0.238. The van der Waals surface area contributed by atoms with Crippen LogP contribution < -0.4 is 5.32 Å². The van der Waals surface area contributed by atoms with E-state index in [0.717, 1.165) is 35.4 Å². The molecule has 3 rings (SSSR count). The van der Waals surface area contributed by atoms with Gasteiger partial charge in [0.25, 0.3) is 0 Å². The van der Waals surface area contributed by atoms with Gasteiger partial charge in [-0.15, -0.1) is 10.2 Å². The zero-order chi connectivity index (χ0) is 18.9. The lowest BCUT2D eigenvalue weighted by atomic mass is 10.0. The highest BCUT2D eigenvalue weighted by Gasteiger charge is 2.14. The second kappa shape index (κ2) is 9.83. The van der Waals surface area contributed by atoms with Crippen molar-refractivity contribution in [2.45, 2.75) is 24.9 Å². The van der Waals surface area contributed by atoms with Gasteiger partial charge in [-0.05, 0) is 6.42 Å². The summed E-state index contributed by atoms with van der Waals surface area (Å²) in [5.74, 6) is 0.273. The highest BCUT2D eigenvalue weighted by Crippen LogP contribution is 2.29. The van der Waals surface area contributed by atoms with Gasteiger partial charge in [0.2, 0.25) is 11.1 Å². The molecule has 0 unspecified atom stereocenters. The number of amides is 1. The molecule has 2 aromatic carbocycles. The fourth-order valence-corrected chi connectivity index (χ4v) is 3.16. The second-order valence-corrected chi connectivity index (χ2v) is 6.96. The Balaban J connectivity index is 1.82. The molecule has 1 amide bonds. The monoisotopic (exact) mass is 378 g/mol. The molecule has 0 spiro atoms. The normalized spacial score (nSPS) is 10.6. The quantitative estimate of drug-likeness (QED) is 0.470. The number of hydrogen-bond donors (Lipinski definition) is 1. The molecular weight excluding hydrogens is 356 g/mol. The highest BCUT2D eigenvalue weighted by molar-refractivity contribution is 7.99. The van der Waals surface area contributed by atoms with Crippen LogP contribution in [0.15, 0.2) is 65.8 Å². The molecule has 1 aromatic heterocycles. The Morgan fingerprint density at radius 2 is 1.56 bits per heavy atom. The van der Waals surface area contributed by atoms with E-state index in [2.05, 4.69) is 22.4 Å². The van der Waals surface area contributed by atoms with Gasteiger partial charge in [0, 0.05) is 17.7 Å². The van der Waals surface area contributed by atoms with Crippen LogP contribution in [0.2, 0.25) is 0 Å². The van der Waals surface area contributed by atoms with E-state index in [1.807, 2.05) is 60.7 Å². The SMILES string of the molecule is CCCCNC(=O)CSc1nnc(-c2ccccc2)c(-c2ccccc2)n1. The predicted molar refractivity (Wildman–Crippen MR) is 109 cm³/mol. The summed E-state index contributed by atoms with van der Waals surface area (Å²) in [6.45, 7) is 2.80. The maximum Gasteiger partial charge on any atom is 0.230 e. The summed E-state index contributed by atoms with van der Waals surface area (Å²) >= 11 is 1.30. The number of carbonyl (C=O) groups is 1. The Morgan fingerprint density at radius 3 is 2.19 bits per heavy atom. The van der Waals surface area contributed by atoms with Gasteiger partial charge in [0.1, 0.15) is 11.4 Å². The highest BCUT2D eigenvalue weighted by atomic mass is 32.2. The summed E-state index contributed by atoms with van der Waals surface area (Å²) in [7, 11) is 0. The maximum absolute atomic E-state index is 11.9. The van der Waals surface area contributed by atoms with Gasteiger partial charge in [-0.3, -0.25) is 4.79 Å². The lowest BCUT2D eigenvalue weighted by molar-refractivity contribution is -0.118. The fourth-order valence-electron chi connectivity index (χ4n) is 2.55. The molecule has 0 aliphatic carbocycles. The van der Waals surface area contributed by atoms with E-state index < -0.39 is 0 Å². The second-order valence-electron chi connectivity index (χ2n) is 6.02. The molecule has 5 nitrogen and oxygen atoms in total. The van der Waals surface area contributed by atoms with Gasteiger partial charge in [-0.25, -0.2) is 4.98 Å². The van der Waals surface area contributed by atoms with Crippen LogP contribution in [0.1, 0.15) is 19.8 Å². The number of thioether (sulfide) groups is 1. The third-order valence-corrected chi connectivity index (χ3v) is 4.78. The Hall–Kier alpha value is -2.73. The molecule has 0 radical (unpaired) electrons. The van der Waals surface area contributed by atoms with Crippen molar-refractivity contribution in [3.05, 3.63) is 60.7 Å². The van der Waals surface area contributed by atoms with Crippen molar-refractivity contribution >= 4 is 17.7 Å². The molecule has 0 saturated carbocycles. The molecule has 0 aliphatic heterocycles. The van der Waals surface area contributed by atoms with Crippen molar-refractivity contribution in [2.75, 3.05) is 12.3 Å². The first-order valence-electron chi connectivity index (χ1n) is 9.03. The van der Waals surface area contributed by atoms with E-state index in [-0.39, 0.29) is 11.7 Å². The number of benzene rings is 2. The maximum atomic E-state index is 11.9. The van der Waals surface area contributed by atoms with Crippen LogP contribution in [0.4, 0.5) is 0 Å². The van der Waals surface area contributed by atoms with Crippen molar-refractivity contribution in [1.82, 2.24) is 20.5 Å². The first-order valence-corrected chi connectivity index (χ1v) is 10.0. The van der Waals surface area contributed by atoms with Crippen LogP contribution in [0.25, 0.3) is 22.5 Å². The van der Waals surface area contributed by atoms with E-state index in [1.165, 1.54) is 11.8 Å². The van der Waals surface area contributed by atoms with E-state index in [9.17, 15) is 4.79 Å². The summed E-state index contributed by atoms with van der Waals surface area (Å²) in [6.07, 6.45) is 2.04. The van der Waals surface area contributed by atoms with Gasteiger partial charge >= 0.3 is 0 Å². The largest absolute Gasteiger partial charge is 0.355 e. The Bertz CT molecular complexity index is 872. The number of hydrogen-bond acceptors (Lipinski definition) is 5. The molecular formula is C21H22N4OS. The average Bonchev–Trinajstić information content (AvgIpc) is 2.73. The minimum atomic E-state index is -0.00885. The van der Waals surface area contributed by atoms with Crippen LogP contribution in [-0.4, -0.2) is 33.4 Å². The topological polar surface area (TPSA) is 67.8 Å². The van der Waals surface area contributed by atoms with Crippen LogP contribution in [0.3, 0.4) is 0 Å². The van der Waals surface area contributed by atoms with Gasteiger partial charge in [-0.2, -0.15) is 0 Å². The lowest BCUT2D eigenvalue weighted by Crippen LogP contribution is -2.26. The van der Waals surface area contributed by atoms with Crippen LogP contribution in [-0.2, 0) is 4.79 Å². The zero-order valence-corrected chi connectivity index (χ0v) is 16.1. The molecule has 0 atom stereocenters. The van der Waals surface area contributed by atoms with E-state index >= 15 is 0 Å². The molecule has 27 heavy (non-hydrogen) atoms. The minimum Gasteiger partial charge on any atom is -0.355 e. The lowest BCUT2D eigenvalue weighted by Gasteiger charge is -2.09. The number of aromatic nitrogens is 3. The standard InChI is InChI=1S/C21H22N4OS/c1-2-3-14-22-18(26)15-27-21-23-19(16-10-6-4-7-11-16)20(24-25-21)17-12-8-5-9-13-17/h4-13H,2-3,14-15H2,1H3,(H,22,26). The smallest absolute Gasteiger partial charge is 0.230 e. The molecule has 0 saturated heterocycles. The summed E-state index contributed by atoms with van der Waals surface area (Å²) in [5, 5.41) is 12.0. The van der Waals surface area contributed by atoms with E-state index in [4.69, 9.17) is 4.98 Å². The number of unbranched alkanes of at least 4 members (excludes halogenated alkanes) is 1. The van der Waals surface area contributed by atoms with Crippen molar-refractivity contribution in [2.24, 2.45) is 0 Å². The zero-order valence-electron chi connectivity index (χ0n) is 15.3. The predicted octanol–water partition coefficient (Wildman–Crippen LogP) is 4.21. The Labute approximate surface area is 163 Å². The number of nitrogens with one attached hydrogen (secondary N) is 1. The van der Waals surface area contributed by atoms with E-state index in [0.29, 0.717) is 11.7 Å². The van der Waals surface area contributed by atoms with Gasteiger partial charge in [-0.1, -0.05) is 85.8 Å². The molecule has 0 fully saturated rings. The summed E-state index contributed by atoms with van der Waals surface area (Å²) in [4.78, 5) is 16.6. The summed E-state index contributed by atoms with van der Waals surface area (Å²) < 4.78 is 0. The van der Waals surface area contributed by atoms with Crippen LogP contribution in [0.5, 0.6) is 0 Å². The molecule has 0 bridgehead atoms. The van der Waals surface area contributed by atoms with Crippen molar-refractivity contribution in [3.8, 4) is 22.5 Å². The van der Waals surface area contributed by atoms with Gasteiger partial charge in [0.15, 0.2) is 0 Å². The van der Waals surface area contributed by atoms with Crippen LogP contribution in [0, 0.1) is 0 Å².